The molecule has 2 saturated carbocycles. The van der Waals surface area contributed by atoms with Crippen LogP contribution in [0.2, 0.25) is 0 Å². The van der Waals surface area contributed by atoms with E-state index in [0.29, 0.717) is 19.3 Å². The minimum atomic E-state index is -0.790. The summed E-state index contributed by atoms with van der Waals surface area (Å²) in [6, 6.07) is 5.26. The first-order chi connectivity index (χ1) is 16.4. The lowest BCUT2D eigenvalue weighted by Crippen LogP contribution is -2.65. The van der Waals surface area contributed by atoms with Crippen molar-refractivity contribution >= 4 is 5.91 Å². The monoisotopic (exact) mass is 472 g/mol. The molecule has 6 heteroatoms. The number of carbonyl (C=O) groups is 1. The lowest BCUT2D eigenvalue weighted by molar-refractivity contribution is -0.159. The molecular formula is C28H44N2O4. The zero-order valence-electron chi connectivity index (χ0n) is 21.1. The number of nitrogens with zero attached hydrogens (tertiary/aromatic N) is 2. The van der Waals surface area contributed by atoms with Crippen LogP contribution >= 0.6 is 0 Å². The van der Waals surface area contributed by atoms with Crippen LogP contribution in [0.5, 0.6) is 11.5 Å². The Bertz CT molecular complexity index is 842. The number of unbranched alkanes of at least 4 members (excludes halogenated alkanes) is 1. The zero-order valence-corrected chi connectivity index (χ0v) is 21.1. The first kappa shape index (κ1) is 25.3. The van der Waals surface area contributed by atoms with Crippen molar-refractivity contribution in [1.82, 2.24) is 9.80 Å². The molecule has 4 rings (SSSR count). The predicted octanol–water partition coefficient (Wildman–Crippen LogP) is 4.45. The van der Waals surface area contributed by atoms with Crippen molar-refractivity contribution in [3.8, 4) is 11.5 Å². The van der Waals surface area contributed by atoms with Crippen LogP contribution in [0.1, 0.15) is 83.6 Å². The second kappa shape index (κ2) is 10.9. The molecule has 3 N–H and O–H groups in total. The van der Waals surface area contributed by atoms with E-state index in [-0.39, 0.29) is 35.4 Å². The van der Waals surface area contributed by atoms with E-state index in [0.717, 1.165) is 69.6 Å². The fourth-order valence-corrected chi connectivity index (χ4v) is 6.41. The summed E-state index contributed by atoms with van der Waals surface area (Å²) in [6.45, 7) is 7.07. The Morgan fingerprint density at radius 3 is 2.59 bits per heavy atom. The van der Waals surface area contributed by atoms with E-state index in [1.54, 1.807) is 12.1 Å². The number of amides is 1. The van der Waals surface area contributed by atoms with Gasteiger partial charge in [0.05, 0.1) is 5.60 Å². The molecule has 0 radical (unpaired) electrons. The van der Waals surface area contributed by atoms with Gasteiger partial charge in [-0.25, -0.2) is 0 Å². The summed E-state index contributed by atoms with van der Waals surface area (Å²) in [5, 5.41) is 32.0. The molecule has 3 aliphatic rings. The zero-order chi connectivity index (χ0) is 24.3. The van der Waals surface area contributed by atoms with Gasteiger partial charge in [0.15, 0.2) is 11.5 Å². The highest BCUT2D eigenvalue weighted by molar-refractivity contribution is 5.76. The highest BCUT2D eigenvalue weighted by Gasteiger charge is 2.53. The quantitative estimate of drug-likeness (QED) is 0.438. The van der Waals surface area contributed by atoms with Crippen LogP contribution in [-0.4, -0.2) is 68.3 Å². The first-order valence-corrected chi connectivity index (χ1v) is 13.6. The van der Waals surface area contributed by atoms with E-state index in [1.807, 2.05) is 6.07 Å². The van der Waals surface area contributed by atoms with Crippen molar-refractivity contribution < 1.29 is 20.1 Å². The van der Waals surface area contributed by atoms with E-state index in [1.165, 1.54) is 12.8 Å². The van der Waals surface area contributed by atoms with Crippen LogP contribution in [-0.2, 0) is 11.2 Å². The summed E-state index contributed by atoms with van der Waals surface area (Å²) < 4.78 is 0. The highest BCUT2D eigenvalue weighted by atomic mass is 16.3. The molecule has 1 aromatic carbocycles. The number of hydrogen-bond acceptors (Lipinski definition) is 5. The van der Waals surface area contributed by atoms with Crippen molar-refractivity contribution in [3.05, 3.63) is 23.8 Å². The summed E-state index contributed by atoms with van der Waals surface area (Å²) in [7, 11) is 0. The van der Waals surface area contributed by atoms with Gasteiger partial charge >= 0.3 is 0 Å². The number of likely N-dealkylation sites (tertiary alicyclic amines) is 1. The van der Waals surface area contributed by atoms with Crippen LogP contribution in [0, 0.1) is 11.8 Å². The van der Waals surface area contributed by atoms with Gasteiger partial charge in [0.2, 0.25) is 5.91 Å². The second-order valence-corrected chi connectivity index (χ2v) is 11.1. The molecule has 0 spiro atoms. The number of piperidine rings is 1. The van der Waals surface area contributed by atoms with Crippen molar-refractivity contribution in [1.29, 1.82) is 0 Å². The van der Waals surface area contributed by atoms with Gasteiger partial charge in [0.1, 0.15) is 0 Å². The third kappa shape index (κ3) is 5.54. The fourth-order valence-electron chi connectivity index (χ4n) is 6.41. The summed E-state index contributed by atoms with van der Waals surface area (Å²) >= 11 is 0. The van der Waals surface area contributed by atoms with Gasteiger partial charge in [-0.05, 0) is 93.9 Å². The van der Waals surface area contributed by atoms with Crippen molar-refractivity contribution in [2.75, 3.05) is 19.6 Å². The molecule has 4 unspecified atom stereocenters. The summed E-state index contributed by atoms with van der Waals surface area (Å²) in [4.78, 5) is 17.6. The minimum absolute atomic E-state index is 0.00724. The number of fused-ring (bicyclic) bond motifs is 1. The maximum absolute atomic E-state index is 12.9. The average molecular weight is 473 g/mol. The molecular weight excluding hydrogens is 428 g/mol. The summed E-state index contributed by atoms with van der Waals surface area (Å²) in [5.41, 5.74) is 0.154. The fraction of sp³-hybridized carbons (Fsp3) is 0.750. The second-order valence-electron chi connectivity index (χ2n) is 11.1. The molecule has 4 atom stereocenters. The van der Waals surface area contributed by atoms with Crippen molar-refractivity contribution in [2.24, 2.45) is 11.8 Å². The maximum atomic E-state index is 12.9. The molecule has 34 heavy (non-hydrogen) atoms. The van der Waals surface area contributed by atoms with Crippen LogP contribution in [0.25, 0.3) is 0 Å². The molecule has 0 aromatic heterocycles. The van der Waals surface area contributed by atoms with Crippen LogP contribution in [0.15, 0.2) is 18.2 Å². The van der Waals surface area contributed by atoms with Gasteiger partial charge in [-0.2, -0.15) is 0 Å². The number of carbonyl (C=O) groups excluding carboxylic acids is 1. The van der Waals surface area contributed by atoms with Crippen LogP contribution < -0.4 is 0 Å². The topological polar surface area (TPSA) is 84.2 Å². The Balaban J connectivity index is 1.54. The Labute approximate surface area is 205 Å². The smallest absolute Gasteiger partial charge is 0.222 e. The molecule has 1 aliphatic heterocycles. The van der Waals surface area contributed by atoms with E-state index in [4.69, 9.17) is 0 Å². The number of aliphatic hydroxyl groups is 1. The Hall–Kier alpha value is -1.79. The van der Waals surface area contributed by atoms with E-state index in [2.05, 4.69) is 23.6 Å². The lowest BCUT2D eigenvalue weighted by Gasteiger charge is -2.56. The largest absolute Gasteiger partial charge is 0.504 e. The van der Waals surface area contributed by atoms with E-state index in [9.17, 15) is 20.1 Å². The van der Waals surface area contributed by atoms with Crippen molar-refractivity contribution in [3.63, 3.8) is 0 Å². The molecule has 3 fully saturated rings. The molecule has 1 saturated heterocycles. The molecule has 1 aromatic rings. The van der Waals surface area contributed by atoms with Gasteiger partial charge in [-0.1, -0.05) is 26.3 Å². The Morgan fingerprint density at radius 2 is 1.91 bits per heavy atom. The SMILES string of the molecule is CCCCN(C(=O)CCC)C1CCC2(O)C(CCN(CC3CC3)C2Cc2ccc(O)c(O)c2)C1. The van der Waals surface area contributed by atoms with Gasteiger partial charge < -0.3 is 20.2 Å². The average Bonchev–Trinajstić information content (AvgIpc) is 3.63. The van der Waals surface area contributed by atoms with Crippen LogP contribution in [0.3, 0.4) is 0 Å². The Morgan fingerprint density at radius 1 is 1.12 bits per heavy atom. The van der Waals surface area contributed by atoms with Gasteiger partial charge in [-0.15, -0.1) is 0 Å². The number of phenolic OH excluding ortho intramolecular Hbond substituents is 2. The van der Waals surface area contributed by atoms with Gasteiger partial charge in [0.25, 0.3) is 0 Å². The van der Waals surface area contributed by atoms with Gasteiger partial charge in [-0.3, -0.25) is 9.69 Å². The first-order valence-electron chi connectivity index (χ1n) is 13.6. The number of benzene rings is 1. The molecule has 6 nitrogen and oxygen atoms in total. The number of phenols is 2. The maximum Gasteiger partial charge on any atom is 0.222 e. The van der Waals surface area contributed by atoms with Crippen LogP contribution in [0.4, 0.5) is 0 Å². The molecule has 0 bridgehead atoms. The Kier molecular flexibility index (Phi) is 8.08. The number of hydrogen-bond donors (Lipinski definition) is 3. The van der Waals surface area contributed by atoms with Gasteiger partial charge in [0, 0.05) is 31.6 Å². The minimum Gasteiger partial charge on any atom is -0.504 e. The standard InChI is InChI=1S/C28H44N2O4/c1-3-5-14-30(27(33)6-4-2)23-11-13-28(34)22(18-23)12-15-29(19-20-7-8-20)26(28)17-21-9-10-24(31)25(32)16-21/h9-10,16,20,22-23,26,31-32,34H,3-8,11-15,17-19H2,1-2H3. The summed E-state index contributed by atoms with van der Waals surface area (Å²) in [6.07, 6.45) is 10.2. The number of aromatic hydroxyl groups is 2. The van der Waals surface area contributed by atoms with Crippen molar-refractivity contribution in [2.45, 2.75) is 102 Å². The predicted molar refractivity (Wildman–Crippen MR) is 134 cm³/mol. The molecule has 190 valence electrons. The lowest BCUT2D eigenvalue weighted by atomic mass is 9.64. The normalized spacial score (nSPS) is 29.6. The third-order valence-corrected chi connectivity index (χ3v) is 8.56. The third-order valence-electron chi connectivity index (χ3n) is 8.56. The molecule has 1 heterocycles. The number of rotatable bonds is 10. The highest BCUT2D eigenvalue weighted by Crippen LogP contribution is 2.47. The molecule has 1 amide bonds. The summed E-state index contributed by atoms with van der Waals surface area (Å²) in [5.74, 6) is 0.978. The molecule has 2 aliphatic carbocycles. The van der Waals surface area contributed by atoms with E-state index >= 15 is 0 Å². The van der Waals surface area contributed by atoms with E-state index < -0.39 is 5.60 Å².